The lowest BCUT2D eigenvalue weighted by atomic mass is 10.0. The minimum Gasteiger partial charge on any atom is -0.550 e. The van der Waals surface area contributed by atoms with E-state index in [9.17, 15) is 14.7 Å². The van der Waals surface area contributed by atoms with Gasteiger partial charge in [-0.2, -0.15) is 0 Å². The van der Waals surface area contributed by atoms with Gasteiger partial charge in [0.2, 0.25) is 0 Å². The number of carbonyl (C=O) groups excluding carboxylic acids is 2. The van der Waals surface area contributed by atoms with Crippen molar-refractivity contribution in [3.05, 3.63) is 0 Å². The van der Waals surface area contributed by atoms with E-state index in [2.05, 4.69) is 13.8 Å². The Morgan fingerprint density at radius 2 is 0.750 bits per heavy atom. The summed E-state index contributed by atoms with van der Waals surface area (Å²) in [6.07, 6.45) is 36.7. The van der Waals surface area contributed by atoms with Crippen LogP contribution in [0.3, 0.4) is 0 Å². The molecule has 4 nitrogen and oxygen atoms in total. The Kier molecular flexibility index (Phi) is 31.6. The van der Waals surface area contributed by atoms with E-state index in [0.29, 0.717) is 6.42 Å². The van der Waals surface area contributed by atoms with E-state index in [1.807, 2.05) is 0 Å². The van der Waals surface area contributed by atoms with Gasteiger partial charge in [0.1, 0.15) is 6.10 Å². The van der Waals surface area contributed by atoms with E-state index in [-0.39, 0.29) is 18.5 Å². The molecule has 0 aliphatic rings. The fourth-order valence-corrected chi connectivity index (χ4v) is 5.65. The Hall–Kier alpha value is -1.06. The molecule has 0 aliphatic carbocycles. The van der Waals surface area contributed by atoms with Crippen LogP contribution in [0.2, 0.25) is 0 Å². The van der Waals surface area contributed by atoms with E-state index >= 15 is 0 Å². The first kappa shape index (κ1) is 38.9. The lowest BCUT2D eigenvalue weighted by Crippen LogP contribution is -2.21. The number of hydrogen-bond acceptors (Lipinski definition) is 4. The summed E-state index contributed by atoms with van der Waals surface area (Å²) < 4.78 is 5.95. The topological polar surface area (TPSA) is 66.4 Å². The molecule has 0 heterocycles. The zero-order chi connectivity index (χ0) is 29.4. The van der Waals surface area contributed by atoms with Gasteiger partial charge in [0, 0.05) is 12.4 Å². The lowest BCUT2D eigenvalue weighted by Gasteiger charge is -2.18. The van der Waals surface area contributed by atoms with Crippen LogP contribution in [-0.2, 0) is 14.3 Å². The van der Waals surface area contributed by atoms with Crippen molar-refractivity contribution in [2.24, 2.45) is 0 Å². The molecule has 0 saturated carbocycles. The first-order valence-corrected chi connectivity index (χ1v) is 18.0. The van der Waals surface area contributed by atoms with Gasteiger partial charge >= 0.3 is 5.97 Å². The van der Waals surface area contributed by atoms with Crippen molar-refractivity contribution in [3.8, 4) is 0 Å². The molecule has 238 valence electrons. The number of carboxylic acid groups (broad SMARTS) is 1. The highest BCUT2D eigenvalue weighted by Crippen LogP contribution is 2.19. The highest BCUT2D eigenvalue weighted by atomic mass is 16.5. The van der Waals surface area contributed by atoms with Crippen molar-refractivity contribution < 1.29 is 19.4 Å². The second-order valence-corrected chi connectivity index (χ2v) is 12.4. The van der Waals surface area contributed by atoms with Gasteiger partial charge in [-0.05, 0) is 44.9 Å². The van der Waals surface area contributed by atoms with Crippen LogP contribution >= 0.6 is 0 Å². The summed E-state index contributed by atoms with van der Waals surface area (Å²) in [7, 11) is 0. The molecule has 40 heavy (non-hydrogen) atoms. The highest BCUT2D eigenvalue weighted by molar-refractivity contribution is 5.69. The summed E-state index contributed by atoms with van der Waals surface area (Å²) in [6.45, 7) is 4.52. The molecule has 0 fully saturated rings. The average Bonchev–Trinajstić information content (AvgIpc) is 2.93. The number of aliphatic carboxylic acids is 1. The van der Waals surface area contributed by atoms with Gasteiger partial charge in [-0.15, -0.1) is 0 Å². The van der Waals surface area contributed by atoms with Gasteiger partial charge in [-0.3, -0.25) is 4.79 Å². The van der Waals surface area contributed by atoms with Gasteiger partial charge in [0.15, 0.2) is 0 Å². The first-order chi connectivity index (χ1) is 19.6. The van der Waals surface area contributed by atoms with E-state index in [1.54, 1.807) is 0 Å². The summed E-state index contributed by atoms with van der Waals surface area (Å²) in [5, 5.41) is 10.4. The number of rotatable bonds is 33. The standard InChI is InChI=1S/C36H70O4/c1-3-5-7-9-10-11-12-13-14-15-16-17-22-25-29-33-36(39)40-34(30-26-8-6-4-2)31-27-23-20-18-19-21-24-28-32-35(37)38/h34H,3-33H2,1-2H3,(H,37,38)/p-1. The van der Waals surface area contributed by atoms with Crippen molar-refractivity contribution in [1.82, 2.24) is 0 Å². The number of hydrogen-bond donors (Lipinski definition) is 0. The maximum atomic E-state index is 12.5. The zero-order valence-electron chi connectivity index (χ0n) is 27.1. The number of carbonyl (C=O) groups is 2. The quantitative estimate of drug-likeness (QED) is 0.0586. The Labute approximate surface area is 250 Å². The zero-order valence-corrected chi connectivity index (χ0v) is 27.1. The largest absolute Gasteiger partial charge is 0.550 e. The molecule has 0 radical (unpaired) electrons. The monoisotopic (exact) mass is 566 g/mol. The molecule has 1 atom stereocenters. The third kappa shape index (κ3) is 31.5. The van der Waals surface area contributed by atoms with Crippen molar-refractivity contribution in [1.29, 1.82) is 0 Å². The van der Waals surface area contributed by atoms with Gasteiger partial charge in [-0.1, -0.05) is 162 Å². The van der Waals surface area contributed by atoms with E-state index < -0.39 is 5.97 Å². The maximum absolute atomic E-state index is 12.5. The normalized spacial score (nSPS) is 12.1. The molecule has 0 amide bonds. The Morgan fingerprint density at radius 3 is 1.12 bits per heavy atom. The Bertz CT molecular complexity index is 533. The van der Waals surface area contributed by atoms with Gasteiger partial charge in [0.05, 0.1) is 0 Å². The number of esters is 1. The molecular formula is C36H69O4-. The van der Waals surface area contributed by atoms with Crippen LogP contribution in [0.1, 0.15) is 213 Å². The molecule has 0 bridgehead atoms. The van der Waals surface area contributed by atoms with Crippen LogP contribution in [-0.4, -0.2) is 18.0 Å². The number of ether oxygens (including phenoxy) is 1. The fourth-order valence-electron chi connectivity index (χ4n) is 5.65. The van der Waals surface area contributed by atoms with Crippen molar-refractivity contribution >= 4 is 11.9 Å². The van der Waals surface area contributed by atoms with Gasteiger partial charge in [-0.25, -0.2) is 0 Å². The summed E-state index contributed by atoms with van der Waals surface area (Å²) in [6, 6.07) is 0. The smallest absolute Gasteiger partial charge is 0.306 e. The molecule has 0 aromatic rings. The Balaban J connectivity index is 3.77. The van der Waals surface area contributed by atoms with Crippen molar-refractivity contribution in [3.63, 3.8) is 0 Å². The highest BCUT2D eigenvalue weighted by Gasteiger charge is 2.14. The maximum Gasteiger partial charge on any atom is 0.306 e. The molecular weight excluding hydrogens is 496 g/mol. The Morgan fingerprint density at radius 1 is 0.450 bits per heavy atom. The third-order valence-electron chi connectivity index (χ3n) is 8.32. The second-order valence-electron chi connectivity index (χ2n) is 12.4. The average molecular weight is 566 g/mol. The van der Waals surface area contributed by atoms with Gasteiger partial charge in [0.25, 0.3) is 0 Å². The van der Waals surface area contributed by atoms with E-state index in [1.165, 1.54) is 128 Å². The van der Waals surface area contributed by atoms with Crippen LogP contribution in [0.5, 0.6) is 0 Å². The van der Waals surface area contributed by atoms with Crippen molar-refractivity contribution in [2.75, 3.05) is 0 Å². The third-order valence-corrected chi connectivity index (χ3v) is 8.32. The van der Waals surface area contributed by atoms with Crippen LogP contribution in [0, 0.1) is 0 Å². The minimum atomic E-state index is -0.931. The van der Waals surface area contributed by atoms with E-state index in [0.717, 1.165) is 57.8 Å². The predicted octanol–water partition coefficient (Wildman–Crippen LogP) is 10.8. The summed E-state index contributed by atoms with van der Waals surface area (Å²) in [5.41, 5.74) is 0. The molecule has 1 unspecified atom stereocenters. The molecule has 0 aliphatic heterocycles. The van der Waals surface area contributed by atoms with Crippen LogP contribution in [0.15, 0.2) is 0 Å². The van der Waals surface area contributed by atoms with E-state index in [4.69, 9.17) is 4.74 Å². The molecule has 0 saturated heterocycles. The SMILES string of the molecule is CCCCCCCCCCCCCCCCCC(=O)OC(CCCCCC)CCCCCCCCCCC(=O)[O-]. The molecule has 0 N–H and O–H groups in total. The molecule has 4 heteroatoms. The van der Waals surface area contributed by atoms with Gasteiger partial charge < -0.3 is 14.6 Å². The van der Waals surface area contributed by atoms with Crippen LogP contribution < -0.4 is 5.11 Å². The number of carboxylic acids is 1. The summed E-state index contributed by atoms with van der Waals surface area (Å²) in [5.74, 6) is -0.911. The van der Waals surface area contributed by atoms with Crippen LogP contribution in [0.4, 0.5) is 0 Å². The summed E-state index contributed by atoms with van der Waals surface area (Å²) >= 11 is 0. The second kappa shape index (κ2) is 32.5. The molecule has 0 rings (SSSR count). The first-order valence-electron chi connectivity index (χ1n) is 18.0. The molecule has 0 aromatic heterocycles. The molecule has 0 spiro atoms. The summed E-state index contributed by atoms with van der Waals surface area (Å²) in [4.78, 5) is 23.0. The minimum absolute atomic E-state index is 0.0201. The lowest BCUT2D eigenvalue weighted by molar-refractivity contribution is -0.305. The molecule has 0 aromatic carbocycles. The van der Waals surface area contributed by atoms with Crippen molar-refractivity contribution in [2.45, 2.75) is 219 Å². The predicted molar refractivity (Wildman–Crippen MR) is 169 cm³/mol. The number of unbranched alkanes of at least 4 members (excludes halogenated alkanes) is 24. The fraction of sp³-hybridized carbons (Fsp3) is 0.944. The van der Waals surface area contributed by atoms with Crippen LogP contribution in [0.25, 0.3) is 0 Å².